The molecule has 0 aromatic heterocycles. The van der Waals surface area contributed by atoms with Crippen LogP contribution in [0.2, 0.25) is 5.02 Å². The summed E-state index contributed by atoms with van der Waals surface area (Å²) < 4.78 is 5.37. The second kappa shape index (κ2) is 6.97. The summed E-state index contributed by atoms with van der Waals surface area (Å²) in [5, 5.41) is 0.702. The summed E-state index contributed by atoms with van der Waals surface area (Å²) in [6.07, 6.45) is 0.699. The van der Waals surface area contributed by atoms with Gasteiger partial charge >= 0.3 is 0 Å². The lowest BCUT2D eigenvalue weighted by Crippen LogP contribution is -2.14. The number of ether oxygens (including phenoxy) is 1. The van der Waals surface area contributed by atoms with Crippen molar-refractivity contribution in [3.8, 4) is 5.75 Å². The van der Waals surface area contributed by atoms with Crippen molar-refractivity contribution in [3.63, 3.8) is 0 Å². The Morgan fingerprint density at radius 3 is 2.24 bits per heavy atom. The standard InChI is InChI=1S/C18H22ClNO/c1-12(2)13-4-6-14(7-5-13)17(20)11-15-10-16(19)8-9-18(15)21-3/h4-10,12,17H,11,20H2,1-3H3. The van der Waals surface area contributed by atoms with Crippen LogP contribution < -0.4 is 10.5 Å². The van der Waals surface area contributed by atoms with Gasteiger partial charge in [0.25, 0.3) is 0 Å². The van der Waals surface area contributed by atoms with Gasteiger partial charge < -0.3 is 10.5 Å². The van der Waals surface area contributed by atoms with Crippen LogP contribution in [0, 0.1) is 0 Å². The third-order valence-electron chi connectivity index (χ3n) is 3.71. The second-order valence-corrected chi connectivity index (χ2v) is 6.02. The van der Waals surface area contributed by atoms with Gasteiger partial charge in [0, 0.05) is 11.1 Å². The molecule has 1 atom stereocenters. The molecular weight excluding hydrogens is 282 g/mol. The summed E-state index contributed by atoms with van der Waals surface area (Å²) in [5.41, 5.74) is 9.81. The number of rotatable bonds is 5. The fourth-order valence-corrected chi connectivity index (χ4v) is 2.58. The van der Waals surface area contributed by atoms with Crippen molar-refractivity contribution in [3.05, 3.63) is 64.2 Å². The molecule has 0 heterocycles. The lowest BCUT2D eigenvalue weighted by atomic mass is 9.96. The topological polar surface area (TPSA) is 35.2 Å². The van der Waals surface area contributed by atoms with Gasteiger partial charge in [-0.3, -0.25) is 0 Å². The summed E-state index contributed by atoms with van der Waals surface area (Å²) in [4.78, 5) is 0. The molecule has 0 aliphatic heterocycles. The minimum Gasteiger partial charge on any atom is -0.496 e. The van der Waals surface area contributed by atoms with E-state index in [1.807, 2.05) is 18.2 Å². The van der Waals surface area contributed by atoms with Gasteiger partial charge in [-0.15, -0.1) is 0 Å². The molecule has 0 radical (unpaired) electrons. The van der Waals surface area contributed by atoms with Gasteiger partial charge in [-0.25, -0.2) is 0 Å². The maximum absolute atomic E-state index is 6.33. The van der Waals surface area contributed by atoms with Crippen LogP contribution in [0.1, 0.15) is 42.5 Å². The Kier molecular flexibility index (Phi) is 5.27. The lowest BCUT2D eigenvalue weighted by Gasteiger charge is -2.16. The van der Waals surface area contributed by atoms with E-state index >= 15 is 0 Å². The summed E-state index contributed by atoms with van der Waals surface area (Å²) in [7, 11) is 1.66. The first-order valence-corrected chi connectivity index (χ1v) is 7.57. The highest BCUT2D eigenvalue weighted by Crippen LogP contribution is 2.27. The third-order valence-corrected chi connectivity index (χ3v) is 3.95. The van der Waals surface area contributed by atoms with Gasteiger partial charge in [0.1, 0.15) is 5.75 Å². The van der Waals surface area contributed by atoms with E-state index in [2.05, 4.69) is 38.1 Å². The molecule has 0 amide bonds. The van der Waals surface area contributed by atoms with E-state index in [1.165, 1.54) is 5.56 Å². The largest absolute Gasteiger partial charge is 0.496 e. The first-order chi connectivity index (χ1) is 10.0. The van der Waals surface area contributed by atoms with Gasteiger partial charge in [0.15, 0.2) is 0 Å². The van der Waals surface area contributed by atoms with Crippen molar-refractivity contribution in [1.82, 2.24) is 0 Å². The highest BCUT2D eigenvalue weighted by molar-refractivity contribution is 6.30. The minimum absolute atomic E-state index is 0.0708. The van der Waals surface area contributed by atoms with E-state index in [0.29, 0.717) is 17.4 Å². The van der Waals surface area contributed by atoms with Crippen LogP contribution in [0.5, 0.6) is 5.75 Å². The molecule has 0 bridgehead atoms. The molecule has 112 valence electrons. The van der Waals surface area contributed by atoms with E-state index in [-0.39, 0.29) is 6.04 Å². The molecule has 2 N–H and O–H groups in total. The Bertz CT molecular complexity index is 593. The van der Waals surface area contributed by atoms with E-state index in [4.69, 9.17) is 22.1 Å². The lowest BCUT2D eigenvalue weighted by molar-refractivity contribution is 0.408. The first kappa shape index (κ1) is 15.9. The summed E-state index contributed by atoms with van der Waals surface area (Å²) >= 11 is 6.06. The van der Waals surface area contributed by atoms with Crippen molar-refractivity contribution >= 4 is 11.6 Å². The van der Waals surface area contributed by atoms with Gasteiger partial charge in [-0.05, 0) is 47.2 Å². The molecule has 0 aliphatic carbocycles. The normalized spacial score (nSPS) is 12.5. The fourth-order valence-electron chi connectivity index (χ4n) is 2.39. The number of hydrogen-bond donors (Lipinski definition) is 1. The molecule has 3 heteroatoms. The molecule has 0 aliphatic rings. The van der Waals surface area contributed by atoms with E-state index in [0.717, 1.165) is 16.9 Å². The zero-order valence-corrected chi connectivity index (χ0v) is 13.5. The monoisotopic (exact) mass is 303 g/mol. The molecule has 2 aromatic rings. The number of hydrogen-bond acceptors (Lipinski definition) is 2. The predicted octanol–water partition coefficient (Wildman–Crippen LogP) is 4.71. The van der Waals surface area contributed by atoms with Crippen LogP contribution in [-0.2, 0) is 6.42 Å². The first-order valence-electron chi connectivity index (χ1n) is 7.19. The van der Waals surface area contributed by atoms with Crippen LogP contribution in [-0.4, -0.2) is 7.11 Å². The fraction of sp³-hybridized carbons (Fsp3) is 0.333. The zero-order valence-electron chi connectivity index (χ0n) is 12.8. The Hall–Kier alpha value is -1.51. The molecule has 0 saturated carbocycles. The van der Waals surface area contributed by atoms with Gasteiger partial charge in [-0.2, -0.15) is 0 Å². The van der Waals surface area contributed by atoms with Gasteiger partial charge in [0.2, 0.25) is 0 Å². The van der Waals surface area contributed by atoms with Crippen molar-refractivity contribution in [1.29, 1.82) is 0 Å². The molecular formula is C18H22ClNO. The second-order valence-electron chi connectivity index (χ2n) is 5.59. The van der Waals surface area contributed by atoms with Gasteiger partial charge in [-0.1, -0.05) is 49.7 Å². The number of nitrogens with two attached hydrogens (primary N) is 1. The van der Waals surface area contributed by atoms with E-state index in [1.54, 1.807) is 7.11 Å². The van der Waals surface area contributed by atoms with Crippen LogP contribution in [0.4, 0.5) is 0 Å². The average molecular weight is 304 g/mol. The summed E-state index contributed by atoms with van der Waals surface area (Å²) in [5.74, 6) is 1.36. The van der Waals surface area contributed by atoms with Crippen LogP contribution in [0.15, 0.2) is 42.5 Å². The number of methoxy groups -OCH3 is 1. The Morgan fingerprint density at radius 1 is 1.05 bits per heavy atom. The molecule has 2 nitrogen and oxygen atoms in total. The molecule has 21 heavy (non-hydrogen) atoms. The van der Waals surface area contributed by atoms with Crippen molar-refractivity contribution in [2.75, 3.05) is 7.11 Å². The van der Waals surface area contributed by atoms with Crippen molar-refractivity contribution in [2.45, 2.75) is 32.2 Å². The maximum Gasteiger partial charge on any atom is 0.122 e. The number of halogens is 1. The van der Waals surface area contributed by atoms with E-state index in [9.17, 15) is 0 Å². The van der Waals surface area contributed by atoms with Crippen LogP contribution >= 0.6 is 11.6 Å². The predicted molar refractivity (Wildman–Crippen MR) is 89.2 cm³/mol. The average Bonchev–Trinajstić information content (AvgIpc) is 2.47. The van der Waals surface area contributed by atoms with Crippen molar-refractivity contribution < 1.29 is 4.74 Å². The molecule has 2 rings (SSSR count). The number of benzene rings is 2. The highest BCUT2D eigenvalue weighted by Gasteiger charge is 2.12. The minimum atomic E-state index is -0.0708. The third kappa shape index (κ3) is 3.99. The van der Waals surface area contributed by atoms with E-state index < -0.39 is 0 Å². The summed E-state index contributed by atoms with van der Waals surface area (Å²) in [6.45, 7) is 4.37. The maximum atomic E-state index is 6.33. The Labute approximate surface area is 131 Å². The molecule has 0 saturated heterocycles. The molecule has 1 unspecified atom stereocenters. The molecule has 0 spiro atoms. The van der Waals surface area contributed by atoms with Crippen molar-refractivity contribution in [2.24, 2.45) is 5.73 Å². The quantitative estimate of drug-likeness (QED) is 0.868. The Balaban J connectivity index is 2.17. The van der Waals surface area contributed by atoms with Crippen LogP contribution in [0.25, 0.3) is 0 Å². The molecule has 2 aromatic carbocycles. The highest BCUT2D eigenvalue weighted by atomic mass is 35.5. The van der Waals surface area contributed by atoms with Gasteiger partial charge in [0.05, 0.1) is 7.11 Å². The molecule has 0 fully saturated rings. The smallest absolute Gasteiger partial charge is 0.122 e. The summed E-state index contributed by atoms with van der Waals surface area (Å²) in [6, 6.07) is 14.1. The Morgan fingerprint density at radius 2 is 1.67 bits per heavy atom. The van der Waals surface area contributed by atoms with Crippen LogP contribution in [0.3, 0.4) is 0 Å². The zero-order chi connectivity index (χ0) is 15.4. The SMILES string of the molecule is COc1ccc(Cl)cc1CC(N)c1ccc(C(C)C)cc1.